The molecule has 0 bridgehead atoms. The van der Waals surface area contributed by atoms with Gasteiger partial charge in [-0.3, -0.25) is 10.1 Å². The number of nitrogens with one attached hydrogen (secondary N) is 1. The second kappa shape index (κ2) is 11.2. The smallest absolute Gasteiger partial charge is 0.417 e. The predicted octanol–water partition coefficient (Wildman–Crippen LogP) is 6.23. The number of ether oxygens (including phenoxy) is 3. The third-order valence-electron chi connectivity index (χ3n) is 6.93. The minimum absolute atomic E-state index is 0.0597. The number of methoxy groups -OCH3 is 1. The van der Waals surface area contributed by atoms with Gasteiger partial charge in [-0.2, -0.15) is 13.2 Å². The van der Waals surface area contributed by atoms with Gasteiger partial charge in [-0.25, -0.2) is 4.98 Å². The van der Waals surface area contributed by atoms with Crippen molar-refractivity contribution in [2.45, 2.75) is 84.9 Å². The summed E-state index contributed by atoms with van der Waals surface area (Å²) in [6.07, 6.45) is -4.37. The van der Waals surface area contributed by atoms with E-state index in [-0.39, 0.29) is 42.0 Å². The largest absolute Gasteiger partial charge is 0.481 e. The SMILES string of the molecule is CCOC(=O)[C@H]1N[C@@H](c2cccc(C(C)(C)C)c2)[C@@H](OCc2cc(C(F)(F)F)cnc2OC)[C@@H]1C(C)(C)C. The molecule has 0 amide bonds. The van der Waals surface area contributed by atoms with Crippen LogP contribution in [0, 0.1) is 11.3 Å². The fourth-order valence-electron chi connectivity index (χ4n) is 5.04. The van der Waals surface area contributed by atoms with Gasteiger partial charge in [0.25, 0.3) is 0 Å². The summed E-state index contributed by atoms with van der Waals surface area (Å²) in [6, 6.07) is 8.02. The number of hydrogen-bond acceptors (Lipinski definition) is 6. The molecule has 1 saturated heterocycles. The van der Waals surface area contributed by atoms with Gasteiger partial charge in [0.1, 0.15) is 6.04 Å². The Labute approximate surface area is 223 Å². The molecule has 1 aliphatic heterocycles. The summed E-state index contributed by atoms with van der Waals surface area (Å²) in [7, 11) is 1.35. The van der Waals surface area contributed by atoms with Crippen molar-refractivity contribution in [3.63, 3.8) is 0 Å². The lowest BCUT2D eigenvalue weighted by Crippen LogP contribution is -2.44. The van der Waals surface area contributed by atoms with Gasteiger partial charge in [-0.15, -0.1) is 0 Å². The van der Waals surface area contributed by atoms with Crippen LogP contribution in [0.4, 0.5) is 13.2 Å². The van der Waals surface area contributed by atoms with Crippen molar-refractivity contribution < 1.29 is 32.2 Å². The summed E-state index contributed by atoms with van der Waals surface area (Å²) in [4.78, 5) is 16.9. The van der Waals surface area contributed by atoms with Gasteiger partial charge in [0.05, 0.1) is 38.0 Å². The summed E-state index contributed by atoms with van der Waals surface area (Å²) < 4.78 is 57.3. The van der Waals surface area contributed by atoms with E-state index in [1.807, 2.05) is 32.9 Å². The Morgan fingerprint density at radius 1 is 1.05 bits per heavy atom. The monoisotopic (exact) mass is 536 g/mol. The van der Waals surface area contributed by atoms with E-state index in [0.29, 0.717) is 0 Å². The van der Waals surface area contributed by atoms with Crippen LogP contribution in [-0.4, -0.2) is 36.8 Å². The third kappa shape index (κ3) is 6.67. The van der Waals surface area contributed by atoms with Crippen molar-refractivity contribution in [3.05, 3.63) is 58.8 Å². The molecule has 0 saturated carbocycles. The first-order valence-electron chi connectivity index (χ1n) is 12.8. The Kier molecular flexibility index (Phi) is 8.83. The van der Waals surface area contributed by atoms with Crippen molar-refractivity contribution >= 4 is 5.97 Å². The van der Waals surface area contributed by atoms with Crippen LogP contribution in [0.25, 0.3) is 0 Å². The molecule has 0 spiro atoms. The van der Waals surface area contributed by atoms with Crippen LogP contribution in [0.15, 0.2) is 36.5 Å². The number of rotatable bonds is 7. The maximum atomic E-state index is 13.4. The van der Waals surface area contributed by atoms with Gasteiger partial charge in [0, 0.05) is 17.7 Å². The fraction of sp³-hybridized carbons (Fsp3) is 0.586. The number of nitrogens with zero attached hydrogens (tertiary/aromatic N) is 1. The van der Waals surface area contributed by atoms with Crippen LogP contribution >= 0.6 is 0 Å². The molecular weight excluding hydrogens is 497 g/mol. The lowest BCUT2D eigenvalue weighted by Gasteiger charge is -2.35. The number of carbonyl (C=O) groups is 1. The zero-order valence-corrected chi connectivity index (χ0v) is 23.4. The number of pyridine rings is 1. The first-order chi connectivity index (χ1) is 17.6. The second-order valence-electron chi connectivity index (χ2n) is 11.8. The van der Waals surface area contributed by atoms with Crippen molar-refractivity contribution in [2.75, 3.05) is 13.7 Å². The minimum Gasteiger partial charge on any atom is -0.481 e. The first-order valence-corrected chi connectivity index (χ1v) is 12.8. The van der Waals surface area contributed by atoms with E-state index in [4.69, 9.17) is 14.2 Å². The highest BCUT2D eigenvalue weighted by atomic mass is 19.4. The van der Waals surface area contributed by atoms with E-state index in [1.165, 1.54) is 7.11 Å². The normalized spacial score (nSPS) is 22.4. The molecule has 0 radical (unpaired) electrons. The summed E-state index contributed by atoms with van der Waals surface area (Å²) in [5.41, 5.74) is 0.835. The Balaban J connectivity index is 2.06. The highest BCUT2D eigenvalue weighted by molar-refractivity contribution is 5.77. The average molecular weight is 537 g/mol. The van der Waals surface area contributed by atoms with E-state index in [9.17, 15) is 18.0 Å². The van der Waals surface area contributed by atoms with Gasteiger partial charge in [0.2, 0.25) is 5.88 Å². The van der Waals surface area contributed by atoms with E-state index < -0.39 is 35.3 Å². The molecule has 1 aromatic carbocycles. The number of benzene rings is 1. The molecular formula is C29H39F3N2O4. The predicted molar refractivity (Wildman–Crippen MR) is 139 cm³/mol. The molecule has 210 valence electrons. The van der Waals surface area contributed by atoms with Crippen LogP contribution in [0.1, 0.15) is 76.8 Å². The van der Waals surface area contributed by atoms with Gasteiger partial charge < -0.3 is 14.2 Å². The summed E-state index contributed by atoms with van der Waals surface area (Å²) in [5, 5.41) is 3.45. The fourth-order valence-corrected chi connectivity index (χ4v) is 5.04. The van der Waals surface area contributed by atoms with Crippen LogP contribution < -0.4 is 10.1 Å². The molecule has 3 rings (SSSR count). The van der Waals surface area contributed by atoms with Gasteiger partial charge in [0.15, 0.2) is 0 Å². The number of alkyl halides is 3. The molecule has 9 heteroatoms. The zero-order chi connectivity index (χ0) is 28.5. The van der Waals surface area contributed by atoms with Crippen molar-refractivity contribution in [1.29, 1.82) is 0 Å². The molecule has 1 N–H and O–H groups in total. The van der Waals surface area contributed by atoms with Crippen molar-refractivity contribution in [3.8, 4) is 5.88 Å². The Hall–Kier alpha value is -2.65. The zero-order valence-electron chi connectivity index (χ0n) is 23.4. The highest BCUT2D eigenvalue weighted by Crippen LogP contribution is 2.45. The van der Waals surface area contributed by atoms with Crippen LogP contribution in [0.2, 0.25) is 0 Å². The maximum Gasteiger partial charge on any atom is 0.417 e. The summed E-state index contributed by atoms with van der Waals surface area (Å²) in [5.74, 6) is -0.659. The molecule has 1 aromatic heterocycles. The van der Waals surface area contributed by atoms with Crippen LogP contribution in [0.3, 0.4) is 0 Å². The Bertz CT molecular complexity index is 1120. The van der Waals surface area contributed by atoms with Crippen molar-refractivity contribution in [2.24, 2.45) is 11.3 Å². The minimum atomic E-state index is -4.55. The lowest BCUT2D eigenvalue weighted by atomic mass is 9.73. The van der Waals surface area contributed by atoms with Gasteiger partial charge >= 0.3 is 12.1 Å². The standard InChI is InChI=1S/C29H39F3N2O4/c1-9-37-26(35)23-21(28(5,6)7)24(22(34-23)17-11-10-12-19(13-17)27(2,3)4)38-16-18-14-20(29(30,31)32)15-33-25(18)36-8/h10-15,21-24,34H,9,16H2,1-8H3/t21-,22+,23+,24+/m1/s1. The van der Waals surface area contributed by atoms with E-state index in [1.54, 1.807) is 6.92 Å². The number of carbonyl (C=O) groups excluding carboxylic acids is 1. The highest BCUT2D eigenvalue weighted by Gasteiger charge is 2.53. The first kappa shape index (κ1) is 29.9. The second-order valence-corrected chi connectivity index (χ2v) is 11.8. The molecule has 38 heavy (non-hydrogen) atoms. The molecule has 0 aliphatic carbocycles. The lowest BCUT2D eigenvalue weighted by molar-refractivity contribution is -0.148. The molecule has 1 fully saturated rings. The number of aromatic nitrogens is 1. The summed E-state index contributed by atoms with van der Waals surface area (Å²) in [6.45, 7) is 14.2. The maximum absolute atomic E-state index is 13.4. The Morgan fingerprint density at radius 3 is 2.29 bits per heavy atom. The average Bonchev–Trinajstić information content (AvgIpc) is 3.22. The van der Waals surface area contributed by atoms with Gasteiger partial charge in [-0.05, 0) is 34.9 Å². The molecule has 0 unspecified atom stereocenters. The Morgan fingerprint density at radius 2 is 1.74 bits per heavy atom. The van der Waals surface area contributed by atoms with E-state index in [0.717, 1.165) is 23.4 Å². The number of esters is 1. The van der Waals surface area contributed by atoms with Crippen LogP contribution in [-0.2, 0) is 32.5 Å². The number of halogens is 3. The quantitative estimate of drug-likeness (QED) is 0.423. The molecule has 6 nitrogen and oxygen atoms in total. The van der Waals surface area contributed by atoms with Gasteiger partial charge in [-0.1, -0.05) is 65.8 Å². The molecule has 4 atom stereocenters. The van der Waals surface area contributed by atoms with E-state index >= 15 is 0 Å². The molecule has 1 aliphatic rings. The topological polar surface area (TPSA) is 69.7 Å². The van der Waals surface area contributed by atoms with Crippen molar-refractivity contribution in [1.82, 2.24) is 10.3 Å². The third-order valence-corrected chi connectivity index (χ3v) is 6.93. The molecule has 2 heterocycles. The van der Waals surface area contributed by atoms with E-state index in [2.05, 4.69) is 43.2 Å². The molecule has 2 aromatic rings. The van der Waals surface area contributed by atoms with Crippen LogP contribution in [0.5, 0.6) is 5.88 Å². The number of hydrogen-bond donors (Lipinski definition) is 1. The summed E-state index contributed by atoms with van der Waals surface area (Å²) >= 11 is 0.